The smallest absolute Gasteiger partial charge is 0.354 e. The molecule has 0 aliphatic carbocycles. The largest absolute Gasteiger partial charge is 0.508 e. The molecule has 0 saturated carbocycles. The molecule has 3 aromatic rings. The Bertz CT molecular complexity index is 1210. The molecular weight excluding hydrogens is 444 g/mol. The Hall–Kier alpha value is -4.10. The predicted molar refractivity (Wildman–Crippen MR) is 125 cm³/mol. The molecule has 0 aliphatic heterocycles. The van der Waals surface area contributed by atoms with Gasteiger partial charge in [0.2, 0.25) is 0 Å². The summed E-state index contributed by atoms with van der Waals surface area (Å²) < 4.78 is 4.75. The van der Waals surface area contributed by atoms with E-state index in [1.54, 1.807) is 42.5 Å². The lowest BCUT2D eigenvalue weighted by atomic mass is 10.1. The van der Waals surface area contributed by atoms with Gasteiger partial charge in [0.25, 0.3) is 11.8 Å². The quantitative estimate of drug-likeness (QED) is 0.363. The number of halogens is 1. The van der Waals surface area contributed by atoms with Crippen LogP contribution in [0.2, 0.25) is 5.02 Å². The van der Waals surface area contributed by atoms with Crippen LogP contribution in [0.3, 0.4) is 0 Å². The average Bonchev–Trinajstić information content (AvgIpc) is 2.82. The van der Waals surface area contributed by atoms with E-state index in [1.165, 1.54) is 37.5 Å². The minimum absolute atomic E-state index is 0.0430. The van der Waals surface area contributed by atoms with Crippen molar-refractivity contribution in [3.63, 3.8) is 0 Å². The molecule has 0 spiro atoms. The molecule has 7 nitrogen and oxygen atoms in total. The molecule has 0 unspecified atom stereocenters. The molecule has 168 valence electrons. The minimum atomic E-state index is -0.716. The Labute approximate surface area is 195 Å². The van der Waals surface area contributed by atoms with Crippen LogP contribution in [0.15, 0.2) is 78.5 Å². The molecule has 2 amide bonds. The number of phenolic OH excluding ortho intramolecular Hbond substituents is 1. The Morgan fingerprint density at radius 2 is 1.73 bits per heavy atom. The van der Waals surface area contributed by atoms with Crippen molar-refractivity contribution in [3.05, 3.63) is 106 Å². The molecule has 33 heavy (non-hydrogen) atoms. The molecule has 0 bridgehead atoms. The Morgan fingerprint density at radius 3 is 2.39 bits per heavy atom. The van der Waals surface area contributed by atoms with E-state index in [0.29, 0.717) is 5.56 Å². The van der Waals surface area contributed by atoms with Crippen molar-refractivity contribution in [2.75, 3.05) is 7.11 Å². The average molecular weight is 465 g/mol. The number of nitrogens with one attached hydrogen (secondary N) is 2. The van der Waals surface area contributed by atoms with E-state index in [2.05, 4.69) is 10.6 Å². The summed E-state index contributed by atoms with van der Waals surface area (Å²) in [7, 11) is 1.21. The zero-order valence-corrected chi connectivity index (χ0v) is 18.4. The lowest BCUT2D eigenvalue weighted by Gasteiger charge is -2.11. The van der Waals surface area contributed by atoms with Crippen LogP contribution in [0.4, 0.5) is 0 Å². The van der Waals surface area contributed by atoms with Crippen LogP contribution in [0.1, 0.15) is 31.8 Å². The van der Waals surface area contributed by atoms with Crippen molar-refractivity contribution in [2.45, 2.75) is 6.54 Å². The Balaban J connectivity index is 1.72. The van der Waals surface area contributed by atoms with Crippen molar-refractivity contribution in [3.8, 4) is 5.75 Å². The van der Waals surface area contributed by atoms with Gasteiger partial charge in [0.1, 0.15) is 11.4 Å². The van der Waals surface area contributed by atoms with E-state index in [1.807, 2.05) is 6.07 Å². The molecule has 3 rings (SSSR count). The summed E-state index contributed by atoms with van der Waals surface area (Å²) in [5.41, 5.74) is 1.71. The van der Waals surface area contributed by atoms with Crippen molar-refractivity contribution in [1.29, 1.82) is 0 Å². The van der Waals surface area contributed by atoms with Gasteiger partial charge >= 0.3 is 5.97 Å². The molecule has 0 saturated heterocycles. The van der Waals surface area contributed by atoms with Crippen molar-refractivity contribution in [1.82, 2.24) is 10.6 Å². The number of carbonyl (C=O) groups is 3. The van der Waals surface area contributed by atoms with E-state index in [9.17, 15) is 19.5 Å². The van der Waals surface area contributed by atoms with Gasteiger partial charge in [0.05, 0.1) is 17.7 Å². The second kappa shape index (κ2) is 11.0. The third kappa shape index (κ3) is 6.44. The summed E-state index contributed by atoms with van der Waals surface area (Å²) in [4.78, 5) is 37.3. The van der Waals surface area contributed by atoms with E-state index in [-0.39, 0.29) is 34.1 Å². The van der Waals surface area contributed by atoms with Gasteiger partial charge in [-0.3, -0.25) is 9.59 Å². The molecule has 3 aromatic carbocycles. The van der Waals surface area contributed by atoms with Gasteiger partial charge in [0, 0.05) is 12.1 Å². The first-order valence-electron chi connectivity index (χ1n) is 9.89. The normalized spacial score (nSPS) is 10.9. The first kappa shape index (κ1) is 23.6. The molecule has 0 heterocycles. The highest BCUT2D eigenvalue weighted by atomic mass is 35.5. The van der Waals surface area contributed by atoms with Gasteiger partial charge in [-0.25, -0.2) is 4.79 Å². The number of rotatable bonds is 7. The summed E-state index contributed by atoms with van der Waals surface area (Å²) in [5, 5.41) is 14.8. The van der Waals surface area contributed by atoms with Crippen LogP contribution in [0.5, 0.6) is 5.75 Å². The molecule has 8 heteroatoms. The summed E-state index contributed by atoms with van der Waals surface area (Å²) in [6.07, 6.45) is 1.49. The van der Waals surface area contributed by atoms with Crippen LogP contribution >= 0.6 is 11.6 Å². The first-order chi connectivity index (χ1) is 15.9. The molecule has 0 fully saturated rings. The third-order valence-electron chi connectivity index (χ3n) is 4.60. The van der Waals surface area contributed by atoms with Crippen LogP contribution < -0.4 is 10.6 Å². The van der Waals surface area contributed by atoms with E-state index in [4.69, 9.17) is 16.3 Å². The van der Waals surface area contributed by atoms with Gasteiger partial charge in [0.15, 0.2) is 0 Å². The number of esters is 1. The van der Waals surface area contributed by atoms with Gasteiger partial charge < -0.3 is 20.5 Å². The number of carbonyl (C=O) groups excluding carboxylic acids is 3. The number of phenols is 1. The van der Waals surface area contributed by atoms with Crippen LogP contribution in [0, 0.1) is 0 Å². The van der Waals surface area contributed by atoms with Crippen molar-refractivity contribution in [2.24, 2.45) is 0 Å². The summed E-state index contributed by atoms with van der Waals surface area (Å²) in [5.74, 6) is -1.63. The number of aromatic hydroxyl groups is 1. The standard InChI is InChI=1S/C25H21ClN2O5/c1-33-25(32)22(13-16-6-3-2-4-7-16)28-24(31)20-11-10-18(14-21(20)26)23(30)27-15-17-8-5-9-19(29)12-17/h2-14,29H,15H2,1H3,(H,27,30)(H,28,31)/b22-13-. The Morgan fingerprint density at radius 1 is 0.970 bits per heavy atom. The van der Waals surface area contributed by atoms with Crippen LogP contribution in [-0.2, 0) is 16.1 Å². The number of hydrogen-bond donors (Lipinski definition) is 3. The maximum atomic E-state index is 12.7. The van der Waals surface area contributed by atoms with E-state index in [0.717, 1.165) is 5.56 Å². The highest BCUT2D eigenvalue weighted by molar-refractivity contribution is 6.34. The van der Waals surface area contributed by atoms with Crippen molar-refractivity contribution >= 4 is 35.5 Å². The third-order valence-corrected chi connectivity index (χ3v) is 4.92. The molecule has 3 N–H and O–H groups in total. The number of ether oxygens (including phenoxy) is 1. The van der Waals surface area contributed by atoms with Crippen molar-refractivity contribution < 1.29 is 24.2 Å². The second-order valence-corrected chi connectivity index (χ2v) is 7.37. The fraction of sp³-hybridized carbons (Fsp3) is 0.0800. The fourth-order valence-corrected chi connectivity index (χ4v) is 3.22. The van der Waals surface area contributed by atoms with E-state index >= 15 is 0 Å². The van der Waals surface area contributed by atoms with E-state index < -0.39 is 17.8 Å². The summed E-state index contributed by atoms with van der Waals surface area (Å²) >= 11 is 6.25. The lowest BCUT2D eigenvalue weighted by molar-refractivity contribution is -0.136. The molecule has 0 aromatic heterocycles. The fourth-order valence-electron chi connectivity index (χ4n) is 2.95. The minimum Gasteiger partial charge on any atom is -0.508 e. The highest BCUT2D eigenvalue weighted by Crippen LogP contribution is 2.19. The zero-order chi connectivity index (χ0) is 23.8. The zero-order valence-electron chi connectivity index (χ0n) is 17.7. The molecule has 0 atom stereocenters. The molecule has 0 aliphatic rings. The number of methoxy groups -OCH3 is 1. The first-order valence-corrected chi connectivity index (χ1v) is 10.3. The molecular formula is C25H21ClN2O5. The number of benzene rings is 3. The van der Waals surface area contributed by atoms with Crippen LogP contribution in [0.25, 0.3) is 6.08 Å². The van der Waals surface area contributed by atoms with Gasteiger partial charge in [-0.15, -0.1) is 0 Å². The molecule has 0 radical (unpaired) electrons. The lowest BCUT2D eigenvalue weighted by Crippen LogP contribution is -2.28. The highest BCUT2D eigenvalue weighted by Gasteiger charge is 2.18. The van der Waals surface area contributed by atoms with Gasteiger partial charge in [-0.1, -0.05) is 54.1 Å². The Kier molecular flexibility index (Phi) is 7.83. The van der Waals surface area contributed by atoms with Gasteiger partial charge in [-0.2, -0.15) is 0 Å². The van der Waals surface area contributed by atoms with Gasteiger partial charge in [-0.05, 0) is 47.5 Å². The maximum Gasteiger partial charge on any atom is 0.354 e. The predicted octanol–water partition coefficient (Wildman–Crippen LogP) is 3.92. The monoisotopic (exact) mass is 464 g/mol. The maximum absolute atomic E-state index is 12.7. The SMILES string of the molecule is COC(=O)/C(=C/c1ccccc1)NC(=O)c1ccc(C(=O)NCc2cccc(O)c2)cc1Cl. The summed E-state index contributed by atoms with van der Waals surface area (Å²) in [6.45, 7) is 0.208. The number of amides is 2. The second-order valence-electron chi connectivity index (χ2n) is 6.96. The topological polar surface area (TPSA) is 105 Å². The van der Waals surface area contributed by atoms with Crippen LogP contribution in [-0.4, -0.2) is 30.0 Å². The summed E-state index contributed by atoms with van der Waals surface area (Å²) in [6, 6.07) is 19.7. The number of hydrogen-bond acceptors (Lipinski definition) is 5.